The van der Waals surface area contributed by atoms with Gasteiger partial charge in [0, 0.05) is 19.2 Å². The minimum atomic E-state index is -1.24. The first kappa shape index (κ1) is 23.0. The molecule has 2 atom stereocenters. The molecule has 2 aromatic heterocycles. The third-order valence-corrected chi connectivity index (χ3v) is 4.86. The van der Waals surface area contributed by atoms with Gasteiger partial charge in [0.05, 0.1) is 12.5 Å². The fraction of sp³-hybridized carbons (Fsp3) is 0.438. The number of thioether (sulfide) groups is 1. The molecular weight excluding hydrogens is 418 g/mol. The molecule has 2 unspecified atom stereocenters. The first-order valence-corrected chi connectivity index (χ1v) is 9.70. The lowest BCUT2D eigenvalue weighted by atomic mass is 10.1. The maximum atomic E-state index is 12.3. The van der Waals surface area contributed by atoms with Gasteiger partial charge in [0.2, 0.25) is 11.8 Å². The molecule has 2 rings (SSSR count). The van der Waals surface area contributed by atoms with Crippen molar-refractivity contribution in [1.29, 1.82) is 0 Å². The maximum Gasteiger partial charge on any atom is 0.322 e. The number of nitrogens with two attached hydrogens (primary N) is 1. The number of hydrogen-bond donors (Lipinski definition) is 5. The second-order valence-electron chi connectivity index (χ2n) is 6.24. The van der Waals surface area contributed by atoms with Crippen molar-refractivity contribution >= 4 is 46.7 Å². The van der Waals surface area contributed by atoms with E-state index >= 15 is 0 Å². The second kappa shape index (κ2) is 10.5. The SMILES string of the molecule is Cn1cnc2nc(SCC(NC(=O)CCC(N)C(=O)O)C(=O)NCC(=O)O)ncc21. The highest BCUT2D eigenvalue weighted by Crippen LogP contribution is 2.17. The van der Waals surface area contributed by atoms with Gasteiger partial charge in [-0.25, -0.2) is 15.0 Å². The third kappa shape index (κ3) is 6.66. The Balaban J connectivity index is 2.02. The summed E-state index contributed by atoms with van der Waals surface area (Å²) < 4.78 is 1.74. The molecule has 0 aliphatic rings. The molecule has 2 amide bonds. The van der Waals surface area contributed by atoms with Gasteiger partial charge in [0.1, 0.15) is 24.1 Å². The van der Waals surface area contributed by atoms with Gasteiger partial charge >= 0.3 is 11.9 Å². The maximum absolute atomic E-state index is 12.3. The summed E-state index contributed by atoms with van der Waals surface area (Å²) in [5.41, 5.74) is 6.55. The van der Waals surface area contributed by atoms with Crippen LogP contribution >= 0.6 is 11.8 Å². The van der Waals surface area contributed by atoms with Crippen molar-refractivity contribution in [1.82, 2.24) is 30.2 Å². The number of hydrogen-bond acceptors (Lipinski definition) is 9. The topological polar surface area (TPSA) is 202 Å². The molecule has 14 heteroatoms. The van der Waals surface area contributed by atoms with E-state index in [2.05, 4.69) is 25.6 Å². The molecule has 0 bridgehead atoms. The summed E-state index contributed by atoms with van der Waals surface area (Å²) in [5, 5.41) is 22.5. The Hall–Kier alpha value is -3.26. The standard InChI is InChI=1S/C16H21N7O6S/c1-23-7-20-13-10(23)4-19-16(22-13)30-6-9(14(27)18-5-12(25)26)21-11(24)3-2-8(17)15(28)29/h4,7-9H,2-3,5-6,17H2,1H3,(H,18,27)(H,21,24)(H,25,26)(H,28,29). The van der Waals surface area contributed by atoms with Crippen LogP contribution in [0.15, 0.2) is 17.7 Å². The summed E-state index contributed by atoms with van der Waals surface area (Å²) in [6.07, 6.45) is 2.83. The predicted octanol–water partition coefficient (Wildman–Crippen LogP) is -1.67. The molecule has 13 nitrogen and oxygen atoms in total. The van der Waals surface area contributed by atoms with Gasteiger partial charge < -0.3 is 31.1 Å². The number of rotatable bonds is 11. The number of amides is 2. The van der Waals surface area contributed by atoms with Gasteiger partial charge in [-0.3, -0.25) is 19.2 Å². The van der Waals surface area contributed by atoms with Crippen LogP contribution in [0.5, 0.6) is 0 Å². The summed E-state index contributed by atoms with van der Waals surface area (Å²) in [6, 6.07) is -2.30. The highest BCUT2D eigenvalue weighted by molar-refractivity contribution is 7.99. The Morgan fingerprint density at radius 3 is 2.67 bits per heavy atom. The largest absolute Gasteiger partial charge is 0.480 e. The molecule has 30 heavy (non-hydrogen) atoms. The van der Waals surface area contributed by atoms with E-state index in [0.29, 0.717) is 10.8 Å². The molecule has 162 valence electrons. The van der Waals surface area contributed by atoms with E-state index in [1.54, 1.807) is 24.1 Å². The molecule has 0 saturated heterocycles. The van der Waals surface area contributed by atoms with Crippen LogP contribution in [-0.2, 0) is 26.2 Å². The smallest absolute Gasteiger partial charge is 0.322 e. The number of carbonyl (C=O) groups excluding carboxylic acids is 2. The van der Waals surface area contributed by atoms with Crippen molar-refractivity contribution in [3.63, 3.8) is 0 Å². The molecule has 0 fully saturated rings. The van der Waals surface area contributed by atoms with Crippen LogP contribution in [0.4, 0.5) is 0 Å². The number of aliphatic carboxylic acids is 2. The zero-order valence-electron chi connectivity index (χ0n) is 15.9. The van der Waals surface area contributed by atoms with Crippen LogP contribution in [0.25, 0.3) is 11.2 Å². The van der Waals surface area contributed by atoms with Crippen molar-refractivity contribution in [2.75, 3.05) is 12.3 Å². The Labute approximate surface area is 174 Å². The molecule has 0 aromatic carbocycles. The Morgan fingerprint density at radius 2 is 2.00 bits per heavy atom. The number of imidazole rings is 1. The van der Waals surface area contributed by atoms with Gasteiger partial charge in [0.25, 0.3) is 0 Å². The summed E-state index contributed by atoms with van der Waals surface area (Å²) in [4.78, 5) is 58.4. The molecule has 2 aromatic rings. The number of aromatic nitrogens is 4. The Morgan fingerprint density at radius 1 is 1.27 bits per heavy atom. The first-order valence-electron chi connectivity index (χ1n) is 8.71. The lowest BCUT2D eigenvalue weighted by Crippen LogP contribution is -2.49. The fourth-order valence-corrected chi connectivity index (χ4v) is 3.10. The quantitative estimate of drug-likeness (QED) is 0.198. The predicted molar refractivity (Wildman–Crippen MR) is 104 cm³/mol. The van der Waals surface area contributed by atoms with Crippen LogP contribution in [-0.4, -0.2) is 77.9 Å². The number of carboxylic acids is 2. The highest BCUT2D eigenvalue weighted by Gasteiger charge is 2.23. The fourth-order valence-electron chi connectivity index (χ4n) is 2.27. The molecule has 0 spiro atoms. The van der Waals surface area contributed by atoms with E-state index in [1.807, 2.05) is 0 Å². The lowest BCUT2D eigenvalue weighted by molar-refractivity contribution is -0.139. The zero-order valence-corrected chi connectivity index (χ0v) is 16.8. The van der Waals surface area contributed by atoms with E-state index in [-0.39, 0.29) is 18.6 Å². The van der Waals surface area contributed by atoms with Gasteiger partial charge in [-0.05, 0) is 6.42 Å². The minimum Gasteiger partial charge on any atom is -0.480 e. The monoisotopic (exact) mass is 439 g/mol. The van der Waals surface area contributed by atoms with Crippen LogP contribution in [0.1, 0.15) is 12.8 Å². The number of fused-ring (bicyclic) bond motifs is 1. The second-order valence-corrected chi connectivity index (χ2v) is 7.23. The molecule has 0 aliphatic carbocycles. The van der Waals surface area contributed by atoms with Crippen LogP contribution in [0.3, 0.4) is 0 Å². The molecule has 0 radical (unpaired) electrons. The van der Waals surface area contributed by atoms with Crippen LogP contribution < -0.4 is 16.4 Å². The van der Waals surface area contributed by atoms with Crippen LogP contribution in [0, 0.1) is 0 Å². The molecule has 2 heterocycles. The number of nitrogens with zero attached hydrogens (tertiary/aromatic N) is 4. The third-order valence-electron chi connectivity index (χ3n) is 3.91. The van der Waals surface area contributed by atoms with E-state index in [1.165, 1.54) is 0 Å². The Kier molecular flexibility index (Phi) is 8.06. The minimum absolute atomic E-state index is 0.0144. The molecule has 6 N–H and O–H groups in total. The van der Waals surface area contributed by atoms with Crippen LogP contribution in [0.2, 0.25) is 0 Å². The number of aryl methyl sites for hydroxylation is 1. The highest BCUT2D eigenvalue weighted by atomic mass is 32.2. The number of carbonyl (C=O) groups is 4. The van der Waals surface area contributed by atoms with Gasteiger partial charge in [-0.15, -0.1) is 0 Å². The molecular formula is C16H21N7O6S. The average molecular weight is 439 g/mol. The zero-order chi connectivity index (χ0) is 22.3. The summed E-state index contributed by atoms with van der Waals surface area (Å²) in [6.45, 7) is -0.615. The normalized spacial score (nSPS) is 12.9. The molecule has 0 saturated carbocycles. The Bertz CT molecular complexity index is 949. The van der Waals surface area contributed by atoms with E-state index in [0.717, 1.165) is 17.3 Å². The number of carboxylic acid groups (broad SMARTS) is 2. The summed E-state index contributed by atoms with van der Waals surface area (Å²) in [7, 11) is 1.79. The van der Waals surface area contributed by atoms with Gasteiger partial charge in [-0.2, -0.15) is 0 Å². The van der Waals surface area contributed by atoms with Crippen molar-refractivity contribution in [3.8, 4) is 0 Å². The number of nitrogens with one attached hydrogen (secondary N) is 2. The van der Waals surface area contributed by atoms with E-state index < -0.39 is 42.4 Å². The van der Waals surface area contributed by atoms with E-state index in [4.69, 9.17) is 15.9 Å². The van der Waals surface area contributed by atoms with Crippen molar-refractivity contribution in [2.24, 2.45) is 12.8 Å². The van der Waals surface area contributed by atoms with Gasteiger partial charge in [0.15, 0.2) is 10.8 Å². The van der Waals surface area contributed by atoms with Gasteiger partial charge in [-0.1, -0.05) is 11.8 Å². The van der Waals surface area contributed by atoms with Crippen molar-refractivity contribution < 1.29 is 29.4 Å². The average Bonchev–Trinajstić information content (AvgIpc) is 3.07. The van der Waals surface area contributed by atoms with Crippen molar-refractivity contribution in [3.05, 3.63) is 12.5 Å². The van der Waals surface area contributed by atoms with E-state index in [9.17, 15) is 19.2 Å². The molecule has 0 aliphatic heterocycles. The lowest BCUT2D eigenvalue weighted by Gasteiger charge is -2.17. The summed E-state index contributed by atoms with van der Waals surface area (Å²) >= 11 is 1.07. The summed E-state index contributed by atoms with van der Waals surface area (Å²) in [5.74, 6) is -3.77. The first-order chi connectivity index (χ1) is 14.2. The van der Waals surface area contributed by atoms with Crippen molar-refractivity contribution in [2.45, 2.75) is 30.1 Å².